The van der Waals surface area contributed by atoms with Crippen LogP contribution in [0.25, 0.3) is 0 Å². The monoisotopic (exact) mass is 138 g/mol. The Morgan fingerprint density at radius 3 is 3.20 bits per heavy atom. The van der Waals surface area contributed by atoms with E-state index in [4.69, 9.17) is 4.74 Å². The second-order valence-electron chi connectivity index (χ2n) is 3.67. The van der Waals surface area contributed by atoms with E-state index in [1.54, 1.807) is 0 Å². The quantitative estimate of drug-likeness (QED) is 0.462. The van der Waals surface area contributed by atoms with Crippen molar-refractivity contribution in [1.82, 2.24) is 0 Å². The predicted molar refractivity (Wildman–Crippen MR) is 34.5 cm³/mol. The fraction of sp³-hybridized carbons (Fsp3) is 0.875. The largest absolute Gasteiger partial charge is 0.369 e. The molecule has 2 nitrogen and oxygen atoms in total. The Hall–Kier alpha value is -0.370. The fourth-order valence-electron chi connectivity index (χ4n) is 2.61. The first-order valence-corrected chi connectivity index (χ1v) is 4.04. The standard InChI is InChI=1S/C8H10O2/c9-5-2-1-4-3-6-8(10-6)7(4)5/h4,6-8H,1-3H2/t4-,6?,7+,8?/m1/s1. The van der Waals surface area contributed by atoms with E-state index in [-0.39, 0.29) is 0 Å². The number of carbonyl (C=O) groups excluding carboxylic acids is 1. The fourth-order valence-corrected chi connectivity index (χ4v) is 2.61. The zero-order valence-electron chi connectivity index (χ0n) is 5.75. The summed E-state index contributed by atoms with van der Waals surface area (Å²) in [5.41, 5.74) is 0. The molecular formula is C8H10O2. The van der Waals surface area contributed by atoms with E-state index in [1.165, 1.54) is 6.42 Å². The Kier molecular flexibility index (Phi) is 0.768. The predicted octanol–water partition coefficient (Wildman–Crippen LogP) is 0.753. The first kappa shape index (κ1) is 5.30. The summed E-state index contributed by atoms with van der Waals surface area (Å²) in [7, 11) is 0. The van der Waals surface area contributed by atoms with Gasteiger partial charge in [-0.15, -0.1) is 0 Å². The molecule has 1 aliphatic heterocycles. The normalized spacial score (nSPS) is 56.6. The van der Waals surface area contributed by atoms with Crippen LogP contribution in [0.15, 0.2) is 0 Å². The summed E-state index contributed by atoms with van der Waals surface area (Å²) in [6.45, 7) is 0. The van der Waals surface area contributed by atoms with Gasteiger partial charge in [-0.3, -0.25) is 4.79 Å². The van der Waals surface area contributed by atoms with Gasteiger partial charge in [0.25, 0.3) is 0 Å². The van der Waals surface area contributed by atoms with Crippen LogP contribution in [-0.2, 0) is 9.53 Å². The van der Waals surface area contributed by atoms with Crippen molar-refractivity contribution in [3.63, 3.8) is 0 Å². The highest BCUT2D eigenvalue weighted by Gasteiger charge is 2.59. The van der Waals surface area contributed by atoms with Crippen LogP contribution in [0.3, 0.4) is 0 Å². The van der Waals surface area contributed by atoms with Crippen molar-refractivity contribution in [2.45, 2.75) is 31.5 Å². The number of ketones is 1. The van der Waals surface area contributed by atoms with Crippen molar-refractivity contribution in [3.8, 4) is 0 Å². The number of ether oxygens (including phenoxy) is 1. The highest BCUT2D eigenvalue weighted by atomic mass is 16.6. The Bertz CT molecular complexity index is 199. The van der Waals surface area contributed by atoms with Crippen LogP contribution in [0.5, 0.6) is 0 Å². The third-order valence-electron chi connectivity index (χ3n) is 3.15. The summed E-state index contributed by atoms with van der Waals surface area (Å²) < 4.78 is 5.32. The molecule has 2 unspecified atom stereocenters. The van der Waals surface area contributed by atoms with Gasteiger partial charge < -0.3 is 4.74 Å². The summed E-state index contributed by atoms with van der Waals surface area (Å²) in [6, 6.07) is 0. The molecule has 2 saturated carbocycles. The van der Waals surface area contributed by atoms with Gasteiger partial charge in [-0.2, -0.15) is 0 Å². The molecule has 0 aromatic rings. The van der Waals surface area contributed by atoms with E-state index < -0.39 is 0 Å². The summed E-state index contributed by atoms with van der Waals surface area (Å²) in [6.07, 6.45) is 3.97. The summed E-state index contributed by atoms with van der Waals surface area (Å²) in [5, 5.41) is 0. The van der Waals surface area contributed by atoms with E-state index in [2.05, 4.69) is 0 Å². The first-order chi connectivity index (χ1) is 4.86. The van der Waals surface area contributed by atoms with Gasteiger partial charge in [-0.1, -0.05) is 0 Å². The van der Waals surface area contributed by atoms with Crippen molar-refractivity contribution in [2.75, 3.05) is 0 Å². The highest BCUT2D eigenvalue weighted by Crippen LogP contribution is 2.52. The number of fused-ring (bicyclic) bond motifs is 3. The molecule has 0 aromatic carbocycles. The molecule has 10 heavy (non-hydrogen) atoms. The molecule has 2 aliphatic carbocycles. The van der Waals surface area contributed by atoms with E-state index in [0.29, 0.717) is 29.8 Å². The van der Waals surface area contributed by atoms with Crippen LogP contribution < -0.4 is 0 Å². The van der Waals surface area contributed by atoms with E-state index in [0.717, 1.165) is 12.8 Å². The van der Waals surface area contributed by atoms with Crippen LogP contribution in [0.1, 0.15) is 19.3 Å². The minimum absolute atomic E-state index is 0.324. The van der Waals surface area contributed by atoms with Gasteiger partial charge in [0.15, 0.2) is 0 Å². The molecule has 3 aliphatic rings. The second kappa shape index (κ2) is 1.45. The Morgan fingerprint density at radius 2 is 2.40 bits per heavy atom. The number of rotatable bonds is 0. The lowest BCUT2D eigenvalue weighted by atomic mass is 9.99. The third-order valence-corrected chi connectivity index (χ3v) is 3.15. The molecule has 2 heteroatoms. The molecule has 54 valence electrons. The molecule has 3 fully saturated rings. The van der Waals surface area contributed by atoms with Gasteiger partial charge in [0.1, 0.15) is 5.78 Å². The third kappa shape index (κ3) is 0.473. The zero-order valence-corrected chi connectivity index (χ0v) is 5.75. The molecule has 0 amide bonds. The average molecular weight is 138 g/mol. The first-order valence-electron chi connectivity index (χ1n) is 4.04. The smallest absolute Gasteiger partial charge is 0.138 e. The van der Waals surface area contributed by atoms with Crippen molar-refractivity contribution >= 4 is 5.78 Å². The minimum Gasteiger partial charge on any atom is -0.369 e. The van der Waals surface area contributed by atoms with Crippen LogP contribution in [0.4, 0.5) is 0 Å². The lowest BCUT2D eigenvalue weighted by molar-refractivity contribution is -0.121. The van der Waals surface area contributed by atoms with Gasteiger partial charge in [-0.25, -0.2) is 0 Å². The molecule has 0 bridgehead atoms. The Labute approximate surface area is 59.6 Å². The van der Waals surface area contributed by atoms with Gasteiger partial charge in [0.05, 0.1) is 12.2 Å². The maximum atomic E-state index is 11.2. The Morgan fingerprint density at radius 1 is 1.50 bits per heavy atom. The minimum atomic E-state index is 0.324. The summed E-state index contributed by atoms with van der Waals surface area (Å²) in [5.74, 6) is 1.50. The van der Waals surface area contributed by atoms with Gasteiger partial charge in [-0.05, 0) is 18.8 Å². The number of hydrogen-bond acceptors (Lipinski definition) is 2. The highest BCUT2D eigenvalue weighted by molar-refractivity contribution is 5.85. The average Bonchev–Trinajstić information content (AvgIpc) is 2.40. The summed E-state index contributed by atoms with van der Waals surface area (Å²) >= 11 is 0. The van der Waals surface area contributed by atoms with Crippen molar-refractivity contribution in [1.29, 1.82) is 0 Å². The molecule has 4 atom stereocenters. The number of hydrogen-bond donors (Lipinski definition) is 0. The molecule has 0 N–H and O–H groups in total. The molecule has 3 rings (SSSR count). The van der Waals surface area contributed by atoms with E-state index in [1.807, 2.05) is 0 Å². The SMILES string of the molecule is O=C1CC[C@@H]2CC3OC3[C@H]12. The maximum Gasteiger partial charge on any atom is 0.138 e. The Balaban J connectivity index is 1.95. The number of Topliss-reactive ketones (excluding diaryl/α,β-unsaturated/α-hetero) is 1. The molecule has 0 radical (unpaired) electrons. The molecule has 1 heterocycles. The van der Waals surface area contributed by atoms with Crippen LogP contribution in [0, 0.1) is 11.8 Å². The van der Waals surface area contributed by atoms with Crippen LogP contribution >= 0.6 is 0 Å². The number of carbonyl (C=O) groups is 1. The van der Waals surface area contributed by atoms with E-state index in [9.17, 15) is 4.79 Å². The molecule has 0 aromatic heterocycles. The van der Waals surface area contributed by atoms with Gasteiger partial charge in [0, 0.05) is 12.3 Å². The van der Waals surface area contributed by atoms with Crippen LogP contribution in [-0.4, -0.2) is 18.0 Å². The lowest BCUT2D eigenvalue weighted by Gasteiger charge is -2.08. The van der Waals surface area contributed by atoms with Crippen molar-refractivity contribution in [3.05, 3.63) is 0 Å². The van der Waals surface area contributed by atoms with Crippen molar-refractivity contribution < 1.29 is 9.53 Å². The zero-order chi connectivity index (χ0) is 6.72. The van der Waals surface area contributed by atoms with E-state index >= 15 is 0 Å². The molecular weight excluding hydrogens is 128 g/mol. The molecule has 1 saturated heterocycles. The topological polar surface area (TPSA) is 29.6 Å². The molecule has 0 spiro atoms. The maximum absolute atomic E-state index is 11.2. The lowest BCUT2D eigenvalue weighted by Crippen LogP contribution is -2.15. The second-order valence-corrected chi connectivity index (χ2v) is 3.67. The summed E-state index contributed by atoms with van der Waals surface area (Å²) in [4.78, 5) is 11.2. The van der Waals surface area contributed by atoms with Gasteiger partial charge in [0.2, 0.25) is 0 Å². The van der Waals surface area contributed by atoms with Crippen molar-refractivity contribution in [2.24, 2.45) is 11.8 Å². The van der Waals surface area contributed by atoms with Crippen LogP contribution in [0.2, 0.25) is 0 Å². The number of epoxide rings is 1. The van der Waals surface area contributed by atoms with Gasteiger partial charge >= 0.3 is 0 Å².